The number of nitrogens with zero attached hydrogens (tertiary/aromatic N) is 2. The molecule has 0 radical (unpaired) electrons. The molecule has 8 heteroatoms. The van der Waals surface area contributed by atoms with Gasteiger partial charge in [-0.25, -0.2) is 9.18 Å². The summed E-state index contributed by atoms with van der Waals surface area (Å²) in [5.41, 5.74) is 0.784. The van der Waals surface area contributed by atoms with Crippen LogP contribution in [-0.4, -0.2) is 66.3 Å². The standard InChI is InChI=1S/C15H20FN3O4/c1-18-6-7-19(5-4-14(18)21)12-3-2-10(8-11(12)16)17-9-13(20)15(22)23/h2-3,8,13,17,20H,4-7,9H2,1H3,(H,22,23)/t13-/m1/s1. The maximum absolute atomic E-state index is 14.3. The predicted molar refractivity (Wildman–Crippen MR) is 83.0 cm³/mol. The zero-order valence-electron chi connectivity index (χ0n) is 12.8. The van der Waals surface area contributed by atoms with Gasteiger partial charge < -0.3 is 25.3 Å². The van der Waals surface area contributed by atoms with Gasteiger partial charge >= 0.3 is 5.97 Å². The van der Waals surface area contributed by atoms with Gasteiger partial charge in [0.1, 0.15) is 5.82 Å². The van der Waals surface area contributed by atoms with E-state index in [1.165, 1.54) is 6.07 Å². The second kappa shape index (κ2) is 7.28. The molecular formula is C15H20FN3O4. The molecule has 1 aromatic rings. The number of aliphatic hydroxyl groups is 1. The van der Waals surface area contributed by atoms with Gasteiger partial charge in [-0.15, -0.1) is 0 Å². The monoisotopic (exact) mass is 325 g/mol. The van der Waals surface area contributed by atoms with Gasteiger partial charge in [0.05, 0.1) is 12.2 Å². The maximum atomic E-state index is 14.3. The van der Waals surface area contributed by atoms with Crippen LogP contribution in [0, 0.1) is 5.82 Å². The molecule has 1 atom stereocenters. The van der Waals surface area contributed by atoms with Crippen molar-refractivity contribution >= 4 is 23.3 Å². The average Bonchev–Trinajstić information content (AvgIpc) is 2.67. The first kappa shape index (κ1) is 17.0. The first-order chi connectivity index (χ1) is 10.9. The zero-order valence-corrected chi connectivity index (χ0v) is 12.8. The van der Waals surface area contributed by atoms with Gasteiger partial charge in [-0.2, -0.15) is 0 Å². The van der Waals surface area contributed by atoms with Crippen molar-refractivity contribution < 1.29 is 24.2 Å². The molecular weight excluding hydrogens is 305 g/mol. The molecule has 23 heavy (non-hydrogen) atoms. The second-order valence-electron chi connectivity index (χ2n) is 5.45. The Morgan fingerprint density at radius 1 is 1.39 bits per heavy atom. The molecule has 1 saturated heterocycles. The quantitative estimate of drug-likeness (QED) is 0.723. The number of rotatable bonds is 5. The number of carboxylic acid groups (broad SMARTS) is 1. The molecule has 126 valence electrons. The number of carbonyl (C=O) groups excluding carboxylic acids is 1. The highest BCUT2D eigenvalue weighted by Gasteiger charge is 2.20. The number of likely N-dealkylation sites (N-methyl/N-ethyl adjacent to an activating group) is 1. The molecule has 1 aromatic carbocycles. The van der Waals surface area contributed by atoms with Gasteiger partial charge in [0.15, 0.2) is 6.10 Å². The van der Waals surface area contributed by atoms with Crippen LogP contribution in [0.1, 0.15) is 6.42 Å². The summed E-state index contributed by atoms with van der Waals surface area (Å²) in [4.78, 5) is 25.6. The van der Waals surface area contributed by atoms with E-state index >= 15 is 0 Å². The maximum Gasteiger partial charge on any atom is 0.334 e. The summed E-state index contributed by atoms with van der Waals surface area (Å²) in [6, 6.07) is 4.45. The number of anilines is 2. The van der Waals surface area contributed by atoms with E-state index in [9.17, 15) is 19.1 Å². The number of nitrogens with one attached hydrogen (secondary N) is 1. The molecule has 0 bridgehead atoms. The molecule has 1 aliphatic heterocycles. The summed E-state index contributed by atoms with van der Waals surface area (Å²) in [7, 11) is 1.73. The fourth-order valence-corrected chi connectivity index (χ4v) is 2.34. The number of aliphatic hydroxyl groups excluding tert-OH is 1. The molecule has 1 aliphatic rings. The van der Waals surface area contributed by atoms with Crippen LogP contribution in [0.5, 0.6) is 0 Å². The lowest BCUT2D eigenvalue weighted by Crippen LogP contribution is -2.30. The van der Waals surface area contributed by atoms with Crippen molar-refractivity contribution in [3.8, 4) is 0 Å². The van der Waals surface area contributed by atoms with Crippen molar-refractivity contribution in [1.29, 1.82) is 0 Å². The summed E-state index contributed by atoms with van der Waals surface area (Å²) in [6.45, 7) is 1.31. The van der Waals surface area contributed by atoms with Gasteiger partial charge in [0, 0.05) is 38.8 Å². The van der Waals surface area contributed by atoms with Gasteiger partial charge in [0.2, 0.25) is 5.91 Å². The van der Waals surface area contributed by atoms with E-state index in [0.717, 1.165) is 0 Å². The molecule has 2 rings (SSSR count). The largest absolute Gasteiger partial charge is 0.479 e. The molecule has 1 fully saturated rings. The van der Waals surface area contributed by atoms with E-state index in [1.54, 1.807) is 24.1 Å². The third kappa shape index (κ3) is 4.32. The summed E-state index contributed by atoms with van der Waals surface area (Å²) in [5, 5.41) is 20.5. The van der Waals surface area contributed by atoms with Crippen molar-refractivity contribution in [3.63, 3.8) is 0 Å². The van der Waals surface area contributed by atoms with Crippen molar-refractivity contribution in [2.75, 3.05) is 43.4 Å². The van der Waals surface area contributed by atoms with Crippen LogP contribution in [-0.2, 0) is 9.59 Å². The Kier molecular flexibility index (Phi) is 5.38. The average molecular weight is 325 g/mol. The molecule has 0 spiro atoms. The Morgan fingerprint density at radius 2 is 2.13 bits per heavy atom. The molecule has 0 unspecified atom stereocenters. The fourth-order valence-electron chi connectivity index (χ4n) is 2.34. The van der Waals surface area contributed by atoms with Gasteiger partial charge in [-0.1, -0.05) is 0 Å². The molecule has 1 heterocycles. The normalized spacial score (nSPS) is 16.9. The Labute approximate surface area is 133 Å². The van der Waals surface area contributed by atoms with Gasteiger partial charge in [-0.3, -0.25) is 4.79 Å². The van der Waals surface area contributed by atoms with E-state index in [1.807, 2.05) is 4.90 Å². The number of hydrogen-bond acceptors (Lipinski definition) is 5. The first-order valence-electron chi connectivity index (χ1n) is 7.31. The lowest BCUT2D eigenvalue weighted by atomic mass is 10.2. The van der Waals surface area contributed by atoms with Crippen LogP contribution in [0.3, 0.4) is 0 Å². The number of carboxylic acids is 1. The molecule has 0 saturated carbocycles. The van der Waals surface area contributed by atoms with Crippen molar-refractivity contribution in [3.05, 3.63) is 24.0 Å². The third-order valence-corrected chi connectivity index (χ3v) is 3.80. The zero-order chi connectivity index (χ0) is 17.0. The molecule has 0 aliphatic carbocycles. The summed E-state index contributed by atoms with van der Waals surface area (Å²) >= 11 is 0. The molecule has 3 N–H and O–H groups in total. The number of benzene rings is 1. The van der Waals surface area contributed by atoms with E-state index in [-0.39, 0.29) is 12.5 Å². The fraction of sp³-hybridized carbons (Fsp3) is 0.467. The minimum Gasteiger partial charge on any atom is -0.479 e. The summed E-state index contributed by atoms with van der Waals surface area (Å²) in [6.07, 6.45) is -1.22. The SMILES string of the molecule is CN1CCN(c2ccc(NC[C@@H](O)C(=O)O)cc2F)CCC1=O. The van der Waals surface area contributed by atoms with Gasteiger partial charge in [0.25, 0.3) is 0 Å². The smallest absolute Gasteiger partial charge is 0.334 e. The summed E-state index contributed by atoms with van der Waals surface area (Å²) < 4.78 is 14.3. The van der Waals surface area contributed by atoms with Crippen LogP contribution in [0.25, 0.3) is 0 Å². The Bertz CT molecular complexity index is 596. The minimum absolute atomic E-state index is 0.0360. The van der Waals surface area contributed by atoms with Crippen molar-refractivity contribution in [2.45, 2.75) is 12.5 Å². The third-order valence-electron chi connectivity index (χ3n) is 3.80. The van der Waals surface area contributed by atoms with Crippen LogP contribution in [0.2, 0.25) is 0 Å². The minimum atomic E-state index is -1.55. The number of hydrogen-bond donors (Lipinski definition) is 3. The lowest BCUT2D eigenvalue weighted by molar-refractivity contribution is -0.145. The molecule has 1 amide bonds. The lowest BCUT2D eigenvalue weighted by Gasteiger charge is -2.23. The second-order valence-corrected chi connectivity index (χ2v) is 5.45. The first-order valence-corrected chi connectivity index (χ1v) is 7.31. The van der Waals surface area contributed by atoms with Crippen LogP contribution in [0.4, 0.5) is 15.8 Å². The highest BCUT2D eigenvalue weighted by Crippen LogP contribution is 2.24. The van der Waals surface area contributed by atoms with Crippen LogP contribution >= 0.6 is 0 Å². The van der Waals surface area contributed by atoms with E-state index in [2.05, 4.69) is 5.32 Å². The number of amides is 1. The Morgan fingerprint density at radius 3 is 2.78 bits per heavy atom. The van der Waals surface area contributed by atoms with Gasteiger partial charge in [-0.05, 0) is 18.2 Å². The number of aliphatic carboxylic acids is 1. The topological polar surface area (TPSA) is 93.1 Å². The van der Waals surface area contributed by atoms with Crippen LogP contribution < -0.4 is 10.2 Å². The number of carbonyl (C=O) groups is 2. The number of halogens is 1. The molecule has 7 nitrogen and oxygen atoms in total. The van der Waals surface area contributed by atoms with E-state index < -0.39 is 17.9 Å². The highest BCUT2D eigenvalue weighted by atomic mass is 19.1. The van der Waals surface area contributed by atoms with E-state index in [0.29, 0.717) is 37.4 Å². The van der Waals surface area contributed by atoms with Crippen molar-refractivity contribution in [2.24, 2.45) is 0 Å². The molecule has 0 aromatic heterocycles. The Hall–Kier alpha value is -2.35. The van der Waals surface area contributed by atoms with Crippen LogP contribution in [0.15, 0.2) is 18.2 Å². The highest BCUT2D eigenvalue weighted by molar-refractivity contribution is 5.77. The predicted octanol–water partition coefficient (Wildman–Crippen LogP) is 0.352. The van der Waals surface area contributed by atoms with Crippen molar-refractivity contribution in [1.82, 2.24) is 4.90 Å². The Balaban J connectivity index is 2.04. The van der Waals surface area contributed by atoms with E-state index in [4.69, 9.17) is 5.11 Å². The summed E-state index contributed by atoms with van der Waals surface area (Å²) in [5.74, 6) is -1.77.